The first-order valence-electron chi connectivity index (χ1n) is 4.29. The van der Waals surface area contributed by atoms with E-state index >= 15 is 0 Å². The molecule has 1 heterocycles. The molecule has 0 spiro atoms. The normalized spacial score (nSPS) is 51.0. The molecule has 2 rings (SSSR count). The molecule has 1 saturated heterocycles. The van der Waals surface area contributed by atoms with Crippen LogP contribution in [-0.2, 0) is 9.47 Å². The summed E-state index contributed by atoms with van der Waals surface area (Å²) < 4.78 is 11.1. The first-order chi connectivity index (χ1) is 5.49. The van der Waals surface area contributed by atoms with E-state index in [1.54, 1.807) is 0 Å². The zero-order valence-electron chi connectivity index (χ0n) is 7.36. The zero-order valence-corrected chi connectivity index (χ0v) is 7.36. The van der Waals surface area contributed by atoms with Crippen LogP contribution in [0.5, 0.6) is 0 Å². The monoisotopic (exact) mass is 173 g/mol. The van der Waals surface area contributed by atoms with Gasteiger partial charge in [0, 0.05) is 6.04 Å². The minimum atomic E-state index is -0.589. The summed E-state index contributed by atoms with van der Waals surface area (Å²) in [6, 6.07) is -0.0909. The maximum Gasteiger partial charge on any atom is 0.163 e. The van der Waals surface area contributed by atoms with Crippen LogP contribution in [0, 0.1) is 0 Å². The highest BCUT2D eigenvalue weighted by Gasteiger charge is 2.52. The van der Waals surface area contributed by atoms with Crippen LogP contribution >= 0.6 is 0 Å². The number of aliphatic hydroxyl groups is 1. The highest BCUT2D eigenvalue weighted by atomic mass is 16.8. The smallest absolute Gasteiger partial charge is 0.163 e. The van der Waals surface area contributed by atoms with Gasteiger partial charge in [0.15, 0.2) is 5.79 Å². The van der Waals surface area contributed by atoms with Gasteiger partial charge in [0.25, 0.3) is 0 Å². The van der Waals surface area contributed by atoms with E-state index in [0.717, 1.165) is 0 Å². The fraction of sp³-hybridized carbons (Fsp3) is 1.00. The molecule has 0 amide bonds. The molecular weight excluding hydrogens is 158 g/mol. The molecule has 0 aromatic carbocycles. The van der Waals surface area contributed by atoms with E-state index < -0.39 is 11.9 Å². The van der Waals surface area contributed by atoms with Crippen LogP contribution in [0.25, 0.3) is 0 Å². The average Bonchev–Trinajstić information content (AvgIpc) is 2.34. The number of aliphatic hydroxyl groups excluding tert-OH is 1. The summed E-state index contributed by atoms with van der Waals surface area (Å²) in [6.45, 7) is 3.68. The molecule has 4 atom stereocenters. The highest BCUT2D eigenvalue weighted by molar-refractivity contribution is 5.00. The summed E-state index contributed by atoms with van der Waals surface area (Å²) in [6.07, 6.45) is -0.248. The molecule has 2 fully saturated rings. The largest absolute Gasteiger partial charge is 0.390 e. The van der Waals surface area contributed by atoms with Crippen molar-refractivity contribution in [1.29, 1.82) is 0 Å². The lowest BCUT2D eigenvalue weighted by atomic mass is 10.2. The van der Waals surface area contributed by atoms with E-state index in [4.69, 9.17) is 15.2 Å². The fourth-order valence-corrected chi connectivity index (χ4v) is 1.99. The molecule has 2 aliphatic rings. The van der Waals surface area contributed by atoms with Gasteiger partial charge >= 0.3 is 0 Å². The van der Waals surface area contributed by atoms with Gasteiger partial charge in [-0.05, 0) is 20.3 Å². The molecule has 0 aromatic rings. The van der Waals surface area contributed by atoms with Crippen molar-refractivity contribution in [3.05, 3.63) is 0 Å². The van der Waals surface area contributed by atoms with Crippen molar-refractivity contribution in [1.82, 2.24) is 0 Å². The van der Waals surface area contributed by atoms with Gasteiger partial charge in [-0.15, -0.1) is 0 Å². The molecule has 1 saturated carbocycles. The van der Waals surface area contributed by atoms with Gasteiger partial charge in [-0.2, -0.15) is 0 Å². The van der Waals surface area contributed by atoms with Crippen molar-refractivity contribution in [2.24, 2.45) is 5.73 Å². The van der Waals surface area contributed by atoms with Crippen molar-refractivity contribution < 1.29 is 14.6 Å². The SMILES string of the molecule is CC1(C)O[C@@H]2[C@@H](O1)[C@@H](O)C[C@H]2N. The standard InChI is InChI=1S/C8H15NO3/c1-8(2)11-6-4(9)3-5(10)7(6)12-8/h4-7,10H,3,9H2,1-2H3/t4-,5+,6+,7+/m1/s1. The Kier molecular flexibility index (Phi) is 1.70. The van der Waals surface area contributed by atoms with Crippen molar-refractivity contribution in [3.63, 3.8) is 0 Å². The fourth-order valence-electron chi connectivity index (χ4n) is 1.99. The van der Waals surface area contributed by atoms with Crippen molar-refractivity contribution in [2.75, 3.05) is 0 Å². The summed E-state index contributed by atoms with van der Waals surface area (Å²) in [5.41, 5.74) is 5.77. The van der Waals surface area contributed by atoms with Gasteiger partial charge in [0.1, 0.15) is 12.2 Å². The molecule has 12 heavy (non-hydrogen) atoms. The van der Waals surface area contributed by atoms with Crippen LogP contribution in [0.2, 0.25) is 0 Å². The summed E-state index contributed by atoms with van der Waals surface area (Å²) in [5.74, 6) is -0.589. The number of rotatable bonds is 0. The molecule has 0 bridgehead atoms. The van der Waals surface area contributed by atoms with E-state index in [-0.39, 0.29) is 18.2 Å². The second-order valence-corrected chi connectivity index (χ2v) is 4.03. The second kappa shape index (κ2) is 2.42. The summed E-state index contributed by atoms with van der Waals surface area (Å²) >= 11 is 0. The Bertz CT molecular complexity index is 177. The number of hydrogen-bond donors (Lipinski definition) is 2. The third-order valence-electron chi connectivity index (χ3n) is 2.48. The minimum Gasteiger partial charge on any atom is -0.390 e. The Morgan fingerprint density at radius 3 is 2.50 bits per heavy atom. The van der Waals surface area contributed by atoms with Crippen LogP contribution in [0.4, 0.5) is 0 Å². The molecule has 4 heteroatoms. The molecule has 70 valence electrons. The number of fused-ring (bicyclic) bond motifs is 1. The molecule has 0 aromatic heterocycles. The van der Waals surface area contributed by atoms with Gasteiger partial charge in [-0.3, -0.25) is 0 Å². The van der Waals surface area contributed by atoms with Gasteiger partial charge in [0.05, 0.1) is 6.10 Å². The van der Waals surface area contributed by atoms with E-state index in [2.05, 4.69) is 0 Å². The topological polar surface area (TPSA) is 64.7 Å². The predicted octanol–water partition coefficient (Wildman–Crippen LogP) is -0.402. The summed E-state index contributed by atoms with van der Waals surface area (Å²) in [7, 11) is 0. The lowest BCUT2D eigenvalue weighted by molar-refractivity contribution is -0.163. The van der Waals surface area contributed by atoms with Crippen LogP contribution in [-0.4, -0.2) is 35.2 Å². The first-order valence-corrected chi connectivity index (χ1v) is 4.29. The van der Waals surface area contributed by atoms with Crippen molar-refractivity contribution in [3.8, 4) is 0 Å². The molecule has 1 aliphatic carbocycles. The molecule has 1 aliphatic heterocycles. The van der Waals surface area contributed by atoms with Gasteiger partial charge < -0.3 is 20.3 Å². The van der Waals surface area contributed by atoms with Crippen molar-refractivity contribution >= 4 is 0 Å². The summed E-state index contributed by atoms with van der Waals surface area (Å²) in [4.78, 5) is 0. The highest BCUT2D eigenvalue weighted by Crippen LogP contribution is 2.37. The quantitative estimate of drug-likeness (QED) is 0.523. The Hall–Kier alpha value is -0.160. The Morgan fingerprint density at radius 1 is 1.33 bits per heavy atom. The van der Waals surface area contributed by atoms with Crippen molar-refractivity contribution in [2.45, 2.75) is 50.4 Å². The lowest BCUT2D eigenvalue weighted by Gasteiger charge is -2.20. The van der Waals surface area contributed by atoms with E-state index in [9.17, 15) is 5.11 Å². The number of nitrogens with two attached hydrogens (primary N) is 1. The molecule has 0 radical (unpaired) electrons. The number of ether oxygens (including phenoxy) is 2. The van der Waals surface area contributed by atoms with Crippen LogP contribution < -0.4 is 5.73 Å². The third-order valence-corrected chi connectivity index (χ3v) is 2.48. The average molecular weight is 173 g/mol. The summed E-state index contributed by atoms with van der Waals surface area (Å²) in [5, 5.41) is 9.52. The molecule has 0 unspecified atom stereocenters. The third kappa shape index (κ3) is 1.15. The van der Waals surface area contributed by atoms with E-state index in [1.807, 2.05) is 13.8 Å². The number of hydrogen-bond acceptors (Lipinski definition) is 4. The van der Waals surface area contributed by atoms with Gasteiger partial charge in [-0.25, -0.2) is 0 Å². The lowest BCUT2D eigenvalue weighted by Crippen LogP contribution is -2.35. The maximum atomic E-state index is 9.52. The molecular formula is C8H15NO3. The van der Waals surface area contributed by atoms with Gasteiger partial charge in [0.2, 0.25) is 0 Å². The van der Waals surface area contributed by atoms with Crippen LogP contribution in [0.1, 0.15) is 20.3 Å². The molecule has 4 nitrogen and oxygen atoms in total. The minimum absolute atomic E-state index is 0.0909. The van der Waals surface area contributed by atoms with Crippen LogP contribution in [0.15, 0.2) is 0 Å². The molecule has 3 N–H and O–H groups in total. The predicted molar refractivity (Wildman–Crippen MR) is 42.4 cm³/mol. The first kappa shape index (κ1) is 8.44. The zero-order chi connectivity index (χ0) is 8.93. The van der Waals surface area contributed by atoms with E-state index in [0.29, 0.717) is 6.42 Å². The Morgan fingerprint density at radius 2 is 1.92 bits per heavy atom. The van der Waals surface area contributed by atoms with Gasteiger partial charge in [-0.1, -0.05) is 0 Å². The Balaban J connectivity index is 2.15. The van der Waals surface area contributed by atoms with E-state index in [1.165, 1.54) is 0 Å². The maximum absolute atomic E-state index is 9.52. The second-order valence-electron chi connectivity index (χ2n) is 4.03. The Labute approximate surface area is 71.6 Å². The van der Waals surface area contributed by atoms with Crippen LogP contribution in [0.3, 0.4) is 0 Å².